The Morgan fingerprint density at radius 3 is 2.65 bits per heavy atom. The second kappa shape index (κ2) is 6.57. The zero-order chi connectivity index (χ0) is 12.8. The second-order valence-electron chi connectivity index (χ2n) is 4.70. The number of nitrogens with zero attached hydrogens (tertiary/aromatic N) is 2. The van der Waals surface area contributed by atoms with Crippen LogP contribution in [0.4, 0.5) is 5.82 Å². The van der Waals surface area contributed by atoms with Crippen LogP contribution in [0.15, 0.2) is 6.07 Å². The molecule has 1 aromatic rings. The van der Waals surface area contributed by atoms with Gasteiger partial charge in [0.25, 0.3) is 0 Å². The van der Waals surface area contributed by atoms with Crippen molar-refractivity contribution in [3.63, 3.8) is 0 Å². The summed E-state index contributed by atoms with van der Waals surface area (Å²) in [6, 6.07) is 2.08. The van der Waals surface area contributed by atoms with E-state index >= 15 is 0 Å². The summed E-state index contributed by atoms with van der Waals surface area (Å²) in [6.45, 7) is 6.64. The molecule has 0 atom stereocenters. The van der Waals surface area contributed by atoms with Crippen LogP contribution >= 0.6 is 0 Å². The van der Waals surface area contributed by atoms with Crippen molar-refractivity contribution in [2.75, 3.05) is 32.5 Å². The highest BCUT2D eigenvalue weighted by atomic mass is 15.1. The van der Waals surface area contributed by atoms with Gasteiger partial charge in [-0.3, -0.25) is 0 Å². The van der Waals surface area contributed by atoms with E-state index in [0.29, 0.717) is 6.54 Å². The minimum atomic E-state index is 0.537. The Bertz CT molecular complexity index is 361. The molecule has 0 aliphatic carbocycles. The molecule has 1 heterocycles. The third kappa shape index (κ3) is 4.32. The summed E-state index contributed by atoms with van der Waals surface area (Å²) in [4.78, 5) is 6.70. The number of aromatic nitrogens is 1. The molecule has 0 aliphatic heterocycles. The molecule has 0 saturated carbocycles. The Morgan fingerprint density at radius 2 is 2.06 bits per heavy atom. The van der Waals surface area contributed by atoms with E-state index in [1.165, 1.54) is 5.56 Å². The van der Waals surface area contributed by atoms with Crippen LogP contribution in [0.25, 0.3) is 0 Å². The van der Waals surface area contributed by atoms with E-state index in [2.05, 4.69) is 42.3 Å². The number of aryl methyl sites for hydroxylation is 2. The van der Waals surface area contributed by atoms with Crippen LogP contribution in [0.2, 0.25) is 0 Å². The molecule has 4 nitrogen and oxygen atoms in total. The lowest BCUT2D eigenvalue weighted by Crippen LogP contribution is -2.17. The fraction of sp³-hybridized carbons (Fsp3) is 0.615. The van der Waals surface area contributed by atoms with E-state index in [1.807, 2.05) is 6.92 Å². The minimum Gasteiger partial charge on any atom is -0.370 e. The third-order valence-corrected chi connectivity index (χ3v) is 2.75. The summed E-state index contributed by atoms with van der Waals surface area (Å²) in [5.41, 5.74) is 9.15. The summed E-state index contributed by atoms with van der Waals surface area (Å²) in [7, 11) is 4.17. The molecular weight excluding hydrogens is 212 g/mol. The monoisotopic (exact) mass is 236 g/mol. The normalized spacial score (nSPS) is 10.9. The molecule has 17 heavy (non-hydrogen) atoms. The minimum absolute atomic E-state index is 0.537. The fourth-order valence-electron chi connectivity index (χ4n) is 1.87. The van der Waals surface area contributed by atoms with Crippen LogP contribution in [0, 0.1) is 13.8 Å². The maximum absolute atomic E-state index is 5.77. The Balaban J connectivity index is 2.63. The number of hydrogen-bond donors (Lipinski definition) is 2. The highest BCUT2D eigenvalue weighted by Gasteiger charge is 2.06. The molecule has 0 fully saturated rings. The zero-order valence-corrected chi connectivity index (χ0v) is 11.4. The van der Waals surface area contributed by atoms with Crippen molar-refractivity contribution >= 4 is 5.82 Å². The average molecular weight is 236 g/mol. The van der Waals surface area contributed by atoms with Gasteiger partial charge < -0.3 is 16.0 Å². The van der Waals surface area contributed by atoms with Gasteiger partial charge in [-0.15, -0.1) is 0 Å². The van der Waals surface area contributed by atoms with Gasteiger partial charge in [-0.25, -0.2) is 4.98 Å². The van der Waals surface area contributed by atoms with Crippen LogP contribution in [0.1, 0.15) is 23.2 Å². The van der Waals surface area contributed by atoms with Crippen LogP contribution in [0.3, 0.4) is 0 Å². The topological polar surface area (TPSA) is 54.2 Å². The van der Waals surface area contributed by atoms with Gasteiger partial charge in [0, 0.05) is 24.3 Å². The van der Waals surface area contributed by atoms with Gasteiger partial charge in [0.1, 0.15) is 5.82 Å². The van der Waals surface area contributed by atoms with Crippen LogP contribution in [-0.2, 0) is 6.54 Å². The number of nitrogens with one attached hydrogen (secondary N) is 1. The lowest BCUT2D eigenvalue weighted by atomic mass is 10.1. The Hall–Kier alpha value is -1.13. The van der Waals surface area contributed by atoms with E-state index < -0.39 is 0 Å². The molecule has 0 amide bonds. The van der Waals surface area contributed by atoms with E-state index in [4.69, 9.17) is 5.73 Å². The highest BCUT2D eigenvalue weighted by molar-refractivity contribution is 5.49. The summed E-state index contributed by atoms with van der Waals surface area (Å²) in [6.07, 6.45) is 1.10. The number of hydrogen-bond acceptors (Lipinski definition) is 4. The summed E-state index contributed by atoms with van der Waals surface area (Å²) in [5.74, 6) is 0.948. The quantitative estimate of drug-likeness (QED) is 0.735. The van der Waals surface area contributed by atoms with Gasteiger partial charge in [0.2, 0.25) is 0 Å². The number of rotatable bonds is 6. The molecule has 0 aromatic carbocycles. The van der Waals surface area contributed by atoms with E-state index in [-0.39, 0.29) is 0 Å². The van der Waals surface area contributed by atoms with Crippen molar-refractivity contribution in [1.82, 2.24) is 9.88 Å². The Labute approximate surface area is 104 Å². The van der Waals surface area contributed by atoms with E-state index in [9.17, 15) is 0 Å². The van der Waals surface area contributed by atoms with Gasteiger partial charge in [-0.1, -0.05) is 0 Å². The Kier molecular flexibility index (Phi) is 5.38. The maximum atomic E-state index is 5.77. The smallest absolute Gasteiger partial charge is 0.131 e. The standard InChI is InChI=1S/C13H24N4/c1-10-8-11(2)16-13(12(10)9-14)15-6-5-7-17(3)4/h8H,5-7,9,14H2,1-4H3,(H,15,16). The lowest BCUT2D eigenvalue weighted by molar-refractivity contribution is 0.405. The van der Waals surface area contributed by atoms with E-state index in [1.54, 1.807) is 0 Å². The van der Waals surface area contributed by atoms with E-state index in [0.717, 1.165) is 36.6 Å². The van der Waals surface area contributed by atoms with Crippen LogP contribution in [-0.4, -0.2) is 37.1 Å². The molecule has 3 N–H and O–H groups in total. The first-order valence-corrected chi connectivity index (χ1v) is 6.10. The van der Waals surface area contributed by atoms with Gasteiger partial charge in [-0.2, -0.15) is 0 Å². The van der Waals surface area contributed by atoms with Crippen molar-refractivity contribution in [3.05, 3.63) is 22.9 Å². The summed E-state index contributed by atoms with van der Waals surface area (Å²) < 4.78 is 0. The van der Waals surface area contributed by atoms with Crippen LogP contribution < -0.4 is 11.1 Å². The van der Waals surface area contributed by atoms with Gasteiger partial charge in [0.05, 0.1) is 0 Å². The first-order chi connectivity index (χ1) is 8.04. The first-order valence-electron chi connectivity index (χ1n) is 6.10. The van der Waals surface area contributed by atoms with Crippen molar-refractivity contribution in [1.29, 1.82) is 0 Å². The van der Waals surface area contributed by atoms with Gasteiger partial charge in [0.15, 0.2) is 0 Å². The van der Waals surface area contributed by atoms with Crippen molar-refractivity contribution in [2.45, 2.75) is 26.8 Å². The number of pyridine rings is 1. The first kappa shape index (κ1) is 13.9. The molecule has 0 unspecified atom stereocenters. The molecule has 0 saturated heterocycles. The van der Waals surface area contributed by atoms with Crippen molar-refractivity contribution in [3.8, 4) is 0 Å². The fourth-order valence-corrected chi connectivity index (χ4v) is 1.87. The molecule has 0 radical (unpaired) electrons. The third-order valence-electron chi connectivity index (χ3n) is 2.75. The predicted octanol–water partition coefficient (Wildman–Crippen LogP) is 1.52. The summed E-state index contributed by atoms with van der Waals surface area (Å²) in [5, 5.41) is 3.38. The largest absolute Gasteiger partial charge is 0.370 e. The second-order valence-corrected chi connectivity index (χ2v) is 4.70. The van der Waals surface area contributed by atoms with Crippen molar-refractivity contribution < 1.29 is 0 Å². The molecule has 1 aromatic heterocycles. The zero-order valence-electron chi connectivity index (χ0n) is 11.4. The molecule has 96 valence electrons. The predicted molar refractivity (Wildman–Crippen MR) is 73.3 cm³/mol. The maximum Gasteiger partial charge on any atom is 0.131 e. The Morgan fingerprint density at radius 1 is 1.35 bits per heavy atom. The summed E-state index contributed by atoms with van der Waals surface area (Å²) >= 11 is 0. The van der Waals surface area contributed by atoms with Gasteiger partial charge in [-0.05, 0) is 52.5 Å². The van der Waals surface area contributed by atoms with Gasteiger partial charge >= 0.3 is 0 Å². The number of anilines is 1. The molecule has 4 heteroatoms. The average Bonchev–Trinajstić information content (AvgIpc) is 2.23. The molecular formula is C13H24N4. The lowest BCUT2D eigenvalue weighted by Gasteiger charge is -2.14. The molecule has 0 spiro atoms. The molecule has 1 rings (SSSR count). The molecule has 0 bridgehead atoms. The van der Waals surface area contributed by atoms with Crippen molar-refractivity contribution in [2.24, 2.45) is 5.73 Å². The highest BCUT2D eigenvalue weighted by Crippen LogP contribution is 2.17. The SMILES string of the molecule is Cc1cc(C)c(CN)c(NCCCN(C)C)n1. The van der Waals surface area contributed by atoms with Crippen LogP contribution in [0.5, 0.6) is 0 Å². The number of nitrogens with two attached hydrogens (primary N) is 1. The molecule has 0 aliphatic rings.